The third kappa shape index (κ3) is 4.96. The molecule has 2 N–H and O–H groups in total. The summed E-state index contributed by atoms with van der Waals surface area (Å²) in [7, 11) is 0. The second-order valence-corrected chi connectivity index (χ2v) is 5.78. The van der Waals surface area contributed by atoms with Crippen LogP contribution in [0, 0.1) is 5.92 Å². The summed E-state index contributed by atoms with van der Waals surface area (Å²) in [5.74, 6) is 0.261. The highest BCUT2D eigenvalue weighted by molar-refractivity contribution is 5.78. The van der Waals surface area contributed by atoms with Crippen molar-refractivity contribution in [1.29, 1.82) is 0 Å². The van der Waals surface area contributed by atoms with Crippen LogP contribution in [0.3, 0.4) is 0 Å². The third-order valence-corrected chi connectivity index (χ3v) is 4.14. The number of hydrogen-bond donors (Lipinski definition) is 1. The summed E-state index contributed by atoms with van der Waals surface area (Å²) in [6.45, 7) is 4.84. The maximum Gasteiger partial charge on any atom is 0.410 e. The predicted molar refractivity (Wildman–Crippen MR) is 87.6 cm³/mol. The SMILES string of the molecule is CCN(CC1CCN(C(=O)CN)C1)C(=O)OCc1ccccc1. The van der Waals surface area contributed by atoms with Crippen LogP contribution >= 0.6 is 0 Å². The summed E-state index contributed by atoms with van der Waals surface area (Å²) in [6, 6.07) is 9.62. The summed E-state index contributed by atoms with van der Waals surface area (Å²) in [5.41, 5.74) is 6.36. The van der Waals surface area contributed by atoms with E-state index >= 15 is 0 Å². The number of nitrogens with zero attached hydrogens (tertiary/aromatic N) is 2. The molecule has 1 aromatic carbocycles. The van der Waals surface area contributed by atoms with E-state index < -0.39 is 0 Å². The predicted octanol–water partition coefficient (Wildman–Crippen LogP) is 1.45. The molecule has 0 saturated carbocycles. The summed E-state index contributed by atoms with van der Waals surface area (Å²) < 4.78 is 5.37. The number of rotatable bonds is 6. The Hall–Kier alpha value is -2.08. The fourth-order valence-corrected chi connectivity index (χ4v) is 2.79. The lowest BCUT2D eigenvalue weighted by Crippen LogP contribution is -2.38. The van der Waals surface area contributed by atoms with Gasteiger partial charge in [0.15, 0.2) is 0 Å². The fourth-order valence-electron chi connectivity index (χ4n) is 2.79. The van der Waals surface area contributed by atoms with Gasteiger partial charge in [-0.25, -0.2) is 4.79 Å². The van der Waals surface area contributed by atoms with E-state index in [4.69, 9.17) is 10.5 Å². The fraction of sp³-hybridized carbons (Fsp3) is 0.529. The molecule has 0 aliphatic carbocycles. The molecule has 1 aliphatic heterocycles. The minimum absolute atomic E-state index is 0.0257. The van der Waals surface area contributed by atoms with Crippen molar-refractivity contribution >= 4 is 12.0 Å². The third-order valence-electron chi connectivity index (χ3n) is 4.14. The molecule has 1 heterocycles. The molecule has 6 heteroatoms. The van der Waals surface area contributed by atoms with E-state index in [0.29, 0.717) is 19.6 Å². The van der Waals surface area contributed by atoms with E-state index in [9.17, 15) is 9.59 Å². The lowest BCUT2D eigenvalue weighted by molar-refractivity contribution is -0.128. The van der Waals surface area contributed by atoms with Gasteiger partial charge < -0.3 is 20.3 Å². The van der Waals surface area contributed by atoms with E-state index in [1.54, 1.807) is 9.80 Å². The highest BCUT2D eigenvalue weighted by Crippen LogP contribution is 2.18. The Morgan fingerprint density at radius 2 is 2.09 bits per heavy atom. The molecule has 1 aromatic rings. The van der Waals surface area contributed by atoms with Crippen LogP contribution in [0.2, 0.25) is 0 Å². The van der Waals surface area contributed by atoms with E-state index in [0.717, 1.165) is 18.5 Å². The van der Waals surface area contributed by atoms with Crippen molar-refractivity contribution in [2.24, 2.45) is 11.7 Å². The van der Waals surface area contributed by atoms with Crippen LogP contribution < -0.4 is 5.73 Å². The Kier molecular flexibility index (Phi) is 6.40. The normalized spacial score (nSPS) is 17.1. The summed E-state index contributed by atoms with van der Waals surface area (Å²) in [5, 5.41) is 0. The topological polar surface area (TPSA) is 75.9 Å². The van der Waals surface area contributed by atoms with Gasteiger partial charge in [-0.2, -0.15) is 0 Å². The Balaban J connectivity index is 1.80. The van der Waals surface area contributed by atoms with Gasteiger partial charge in [0, 0.05) is 26.2 Å². The molecular weight excluding hydrogens is 294 g/mol. The molecule has 126 valence electrons. The first-order valence-electron chi connectivity index (χ1n) is 8.07. The number of benzene rings is 1. The largest absolute Gasteiger partial charge is 0.445 e. The van der Waals surface area contributed by atoms with E-state index in [-0.39, 0.29) is 31.1 Å². The van der Waals surface area contributed by atoms with E-state index in [1.165, 1.54) is 0 Å². The maximum absolute atomic E-state index is 12.2. The molecule has 0 radical (unpaired) electrons. The first-order chi connectivity index (χ1) is 11.1. The molecule has 0 aromatic heterocycles. The van der Waals surface area contributed by atoms with Crippen LogP contribution in [0.15, 0.2) is 30.3 Å². The van der Waals surface area contributed by atoms with Gasteiger partial charge >= 0.3 is 6.09 Å². The zero-order valence-corrected chi connectivity index (χ0v) is 13.6. The summed E-state index contributed by atoms with van der Waals surface area (Å²) in [6.07, 6.45) is 0.591. The highest BCUT2D eigenvalue weighted by atomic mass is 16.6. The molecule has 0 bridgehead atoms. The maximum atomic E-state index is 12.2. The Morgan fingerprint density at radius 3 is 2.74 bits per heavy atom. The summed E-state index contributed by atoms with van der Waals surface area (Å²) >= 11 is 0. The standard InChI is InChI=1S/C17H25N3O3/c1-2-19(11-15-8-9-20(12-15)16(21)10-18)17(22)23-13-14-6-4-3-5-7-14/h3-7,15H,2,8-13,18H2,1H3. The Bertz CT molecular complexity index is 521. The second kappa shape index (κ2) is 8.53. The molecular formula is C17H25N3O3. The molecule has 0 spiro atoms. The van der Waals surface area contributed by atoms with Crippen molar-refractivity contribution in [3.8, 4) is 0 Å². The van der Waals surface area contributed by atoms with Gasteiger partial charge in [-0.3, -0.25) is 4.79 Å². The monoisotopic (exact) mass is 319 g/mol. The molecule has 23 heavy (non-hydrogen) atoms. The molecule has 1 aliphatic rings. The van der Waals surface area contributed by atoms with Crippen LogP contribution in [0.4, 0.5) is 4.79 Å². The molecule has 1 fully saturated rings. The Labute approximate surface area is 137 Å². The van der Waals surface area contributed by atoms with E-state index in [1.807, 2.05) is 37.3 Å². The number of amides is 2. The van der Waals surface area contributed by atoms with Gasteiger partial charge in [0.2, 0.25) is 5.91 Å². The lowest BCUT2D eigenvalue weighted by atomic mass is 10.1. The zero-order valence-electron chi connectivity index (χ0n) is 13.6. The van der Waals surface area contributed by atoms with Crippen molar-refractivity contribution in [2.75, 3.05) is 32.7 Å². The molecule has 1 unspecified atom stereocenters. The van der Waals surface area contributed by atoms with Gasteiger partial charge in [-0.1, -0.05) is 30.3 Å². The van der Waals surface area contributed by atoms with Crippen LogP contribution in [-0.2, 0) is 16.1 Å². The number of carbonyl (C=O) groups is 2. The smallest absolute Gasteiger partial charge is 0.410 e. The molecule has 2 amide bonds. The lowest BCUT2D eigenvalue weighted by Gasteiger charge is -2.24. The number of hydrogen-bond acceptors (Lipinski definition) is 4. The molecule has 1 atom stereocenters. The van der Waals surface area contributed by atoms with Crippen LogP contribution in [-0.4, -0.2) is 54.5 Å². The molecule has 2 rings (SSSR count). The zero-order chi connectivity index (χ0) is 16.7. The number of carbonyl (C=O) groups excluding carboxylic acids is 2. The van der Waals surface area contributed by atoms with Crippen molar-refractivity contribution in [3.63, 3.8) is 0 Å². The van der Waals surface area contributed by atoms with Crippen molar-refractivity contribution < 1.29 is 14.3 Å². The van der Waals surface area contributed by atoms with Crippen LogP contribution in [0.5, 0.6) is 0 Å². The van der Waals surface area contributed by atoms with Crippen LogP contribution in [0.1, 0.15) is 18.9 Å². The van der Waals surface area contributed by atoms with Crippen molar-refractivity contribution in [1.82, 2.24) is 9.80 Å². The van der Waals surface area contributed by atoms with Gasteiger partial charge in [-0.05, 0) is 24.8 Å². The molecule has 1 saturated heterocycles. The average molecular weight is 319 g/mol. The van der Waals surface area contributed by atoms with Gasteiger partial charge in [0.25, 0.3) is 0 Å². The Morgan fingerprint density at radius 1 is 1.35 bits per heavy atom. The number of likely N-dealkylation sites (tertiary alicyclic amines) is 1. The van der Waals surface area contributed by atoms with Gasteiger partial charge in [0.1, 0.15) is 6.61 Å². The minimum Gasteiger partial charge on any atom is -0.445 e. The first-order valence-corrected chi connectivity index (χ1v) is 8.07. The van der Waals surface area contributed by atoms with Crippen molar-refractivity contribution in [3.05, 3.63) is 35.9 Å². The summed E-state index contributed by atoms with van der Waals surface area (Å²) in [4.78, 5) is 27.3. The van der Waals surface area contributed by atoms with E-state index in [2.05, 4.69) is 0 Å². The quantitative estimate of drug-likeness (QED) is 0.861. The van der Waals surface area contributed by atoms with Gasteiger partial charge in [0.05, 0.1) is 6.54 Å². The number of ether oxygens (including phenoxy) is 1. The minimum atomic E-state index is -0.306. The second-order valence-electron chi connectivity index (χ2n) is 5.78. The van der Waals surface area contributed by atoms with Crippen LogP contribution in [0.25, 0.3) is 0 Å². The first kappa shape index (κ1) is 17.3. The molecule has 6 nitrogen and oxygen atoms in total. The van der Waals surface area contributed by atoms with Gasteiger partial charge in [-0.15, -0.1) is 0 Å². The average Bonchev–Trinajstić information content (AvgIpc) is 3.06. The van der Waals surface area contributed by atoms with Crippen molar-refractivity contribution in [2.45, 2.75) is 20.0 Å². The number of nitrogens with two attached hydrogens (primary N) is 1. The highest BCUT2D eigenvalue weighted by Gasteiger charge is 2.28.